The second-order valence-corrected chi connectivity index (χ2v) is 10.2. The number of carbonyl (C=O) groups excluding carboxylic acids is 1. The molecule has 0 aliphatic heterocycles. The molecular weight excluding hydrogens is 409 g/mol. The first-order valence-corrected chi connectivity index (χ1v) is 12.4. The molecule has 0 aliphatic carbocycles. The fourth-order valence-corrected chi connectivity index (χ4v) is 6.44. The zero-order valence-electron chi connectivity index (χ0n) is 18.3. The summed E-state index contributed by atoms with van der Waals surface area (Å²) in [5.74, 6) is -1.15. The van der Waals surface area contributed by atoms with E-state index < -0.39 is 13.4 Å². The minimum Gasteiger partial charge on any atom is -0.338 e. The predicted octanol–water partition coefficient (Wildman–Crippen LogP) is 6.56. The molecule has 1 amide bonds. The number of hydrogen-bond donors (Lipinski definition) is 1. The third-order valence-corrected chi connectivity index (χ3v) is 8.29. The monoisotopic (exact) mass is 437 g/mol. The van der Waals surface area contributed by atoms with Gasteiger partial charge in [0.15, 0.2) is 0 Å². The molecule has 0 spiro atoms. The minimum atomic E-state index is -3.51. The van der Waals surface area contributed by atoms with Crippen LogP contribution in [-0.4, -0.2) is 24.9 Å². The zero-order chi connectivity index (χ0) is 22.2. The molecule has 0 aromatic heterocycles. The molecule has 4 rings (SSSR count). The van der Waals surface area contributed by atoms with Gasteiger partial charge in [-0.2, -0.15) is 0 Å². The molecule has 0 bridgehead atoms. The molecule has 4 aromatic rings. The lowest BCUT2D eigenvalue weighted by atomic mass is 9.92. The van der Waals surface area contributed by atoms with Crippen molar-refractivity contribution in [1.82, 2.24) is 5.32 Å². The molecule has 0 radical (unpaired) electrons. The lowest BCUT2D eigenvalue weighted by Gasteiger charge is -2.30. The average Bonchev–Trinajstić information content (AvgIpc) is 2.75. The van der Waals surface area contributed by atoms with Gasteiger partial charge in [-0.25, -0.2) is 0 Å². The van der Waals surface area contributed by atoms with Gasteiger partial charge in [0.2, 0.25) is 0 Å². The maximum absolute atomic E-state index is 13.4. The van der Waals surface area contributed by atoms with Crippen LogP contribution in [0, 0.1) is 5.92 Å². The van der Waals surface area contributed by atoms with Crippen LogP contribution in [0.1, 0.15) is 38.1 Å². The maximum atomic E-state index is 13.4. The summed E-state index contributed by atoms with van der Waals surface area (Å²) >= 11 is 0. The van der Waals surface area contributed by atoms with Gasteiger partial charge in [-0.05, 0) is 58.1 Å². The van der Waals surface area contributed by atoms with Crippen molar-refractivity contribution in [3.63, 3.8) is 0 Å². The third-order valence-electron chi connectivity index (χ3n) is 5.64. The van der Waals surface area contributed by atoms with E-state index in [1.165, 1.54) is 0 Å². The molecule has 0 aliphatic rings. The fraction of sp³-hybridized carbons (Fsp3) is 0.320. The molecule has 0 fully saturated rings. The molecule has 0 saturated heterocycles. The van der Waals surface area contributed by atoms with E-state index in [4.69, 9.17) is 9.05 Å². The van der Waals surface area contributed by atoms with Crippen LogP contribution in [0.25, 0.3) is 32.3 Å². The van der Waals surface area contributed by atoms with E-state index in [2.05, 4.69) is 29.6 Å². The summed E-state index contributed by atoms with van der Waals surface area (Å²) in [6, 6.07) is 18.3. The molecule has 162 valence electrons. The predicted molar refractivity (Wildman–Crippen MR) is 127 cm³/mol. The molecule has 6 heteroatoms. The van der Waals surface area contributed by atoms with Crippen molar-refractivity contribution in [2.24, 2.45) is 5.92 Å². The van der Waals surface area contributed by atoms with E-state index >= 15 is 0 Å². The lowest BCUT2D eigenvalue weighted by molar-refractivity contribution is 0.0929. The first-order valence-electron chi connectivity index (χ1n) is 10.8. The van der Waals surface area contributed by atoms with E-state index in [0.717, 1.165) is 32.3 Å². The number of carbonyl (C=O) groups is 1. The van der Waals surface area contributed by atoms with Crippen molar-refractivity contribution >= 4 is 45.8 Å². The van der Waals surface area contributed by atoms with Gasteiger partial charge in [0.05, 0.1) is 13.2 Å². The number of amides is 1. The Labute approximate surface area is 182 Å². The van der Waals surface area contributed by atoms with Crippen molar-refractivity contribution in [3.05, 3.63) is 60.2 Å². The average molecular weight is 437 g/mol. The number of benzene rings is 4. The van der Waals surface area contributed by atoms with E-state index in [1.54, 1.807) is 13.8 Å². The van der Waals surface area contributed by atoms with E-state index in [0.29, 0.717) is 5.56 Å². The SMILES string of the molecule is CCOP(=O)(OCC)C(NC(=O)c1ccc2ccc3cccc4ccc1c2c34)C(C)C. The number of nitrogens with one attached hydrogen (secondary N) is 1. The van der Waals surface area contributed by atoms with Crippen LogP contribution < -0.4 is 5.32 Å². The van der Waals surface area contributed by atoms with Crippen LogP contribution in [0.3, 0.4) is 0 Å². The van der Waals surface area contributed by atoms with Gasteiger partial charge in [0.1, 0.15) is 5.78 Å². The van der Waals surface area contributed by atoms with Crippen molar-refractivity contribution in [3.8, 4) is 0 Å². The molecule has 5 nitrogen and oxygen atoms in total. The van der Waals surface area contributed by atoms with Gasteiger partial charge in [-0.15, -0.1) is 0 Å². The topological polar surface area (TPSA) is 64.6 Å². The Balaban J connectivity index is 1.80. The molecule has 4 aromatic carbocycles. The molecule has 1 unspecified atom stereocenters. The first-order chi connectivity index (χ1) is 14.9. The summed E-state index contributed by atoms with van der Waals surface area (Å²) in [6.45, 7) is 7.83. The zero-order valence-corrected chi connectivity index (χ0v) is 19.2. The number of hydrogen-bond acceptors (Lipinski definition) is 4. The summed E-state index contributed by atoms with van der Waals surface area (Å²) in [5, 5.41) is 9.45. The van der Waals surface area contributed by atoms with Crippen LogP contribution in [0.15, 0.2) is 54.6 Å². The minimum absolute atomic E-state index is 0.132. The summed E-state index contributed by atoms with van der Waals surface area (Å²) < 4.78 is 24.5. The Morgan fingerprint density at radius 3 is 2.00 bits per heavy atom. The van der Waals surface area contributed by atoms with E-state index in [1.807, 2.05) is 44.2 Å². The third kappa shape index (κ3) is 3.82. The summed E-state index contributed by atoms with van der Waals surface area (Å²) in [4.78, 5) is 13.4. The smallest absolute Gasteiger partial charge is 0.338 e. The first kappa shape index (κ1) is 21.8. The molecule has 0 saturated carbocycles. The summed E-state index contributed by atoms with van der Waals surface area (Å²) in [6.07, 6.45) is 0. The normalized spacial score (nSPS) is 13.5. The Kier molecular flexibility index (Phi) is 6.02. The highest BCUT2D eigenvalue weighted by molar-refractivity contribution is 7.54. The maximum Gasteiger partial charge on any atom is 0.353 e. The van der Waals surface area contributed by atoms with Crippen LogP contribution in [0.2, 0.25) is 0 Å². The van der Waals surface area contributed by atoms with Crippen LogP contribution in [0.4, 0.5) is 0 Å². The summed E-state index contributed by atoms with van der Waals surface area (Å²) in [7, 11) is -3.51. The number of rotatable bonds is 8. The largest absolute Gasteiger partial charge is 0.353 e. The Morgan fingerprint density at radius 2 is 1.42 bits per heavy atom. The van der Waals surface area contributed by atoms with Crippen LogP contribution >= 0.6 is 7.60 Å². The van der Waals surface area contributed by atoms with Crippen molar-refractivity contribution in [1.29, 1.82) is 0 Å². The molecule has 31 heavy (non-hydrogen) atoms. The van der Waals surface area contributed by atoms with Crippen molar-refractivity contribution in [2.75, 3.05) is 13.2 Å². The quantitative estimate of drug-likeness (QED) is 0.250. The standard InChI is InChI=1S/C25H28NO4P/c1-5-29-31(28,30-6-2)25(16(3)4)26-24(27)21-15-13-19-11-10-17-8-7-9-18-12-14-20(21)23(19)22(17)18/h7-16,25H,5-6H2,1-4H3,(H,26,27). The van der Waals surface area contributed by atoms with E-state index in [-0.39, 0.29) is 25.0 Å². The van der Waals surface area contributed by atoms with Crippen LogP contribution in [-0.2, 0) is 13.6 Å². The molecule has 0 heterocycles. The molecule has 1 N–H and O–H groups in total. The van der Waals surface area contributed by atoms with Gasteiger partial charge in [-0.1, -0.05) is 62.4 Å². The van der Waals surface area contributed by atoms with Gasteiger partial charge in [-0.3, -0.25) is 9.36 Å². The summed E-state index contributed by atoms with van der Waals surface area (Å²) in [5.41, 5.74) is 0.552. The second kappa shape index (κ2) is 8.58. The highest BCUT2D eigenvalue weighted by atomic mass is 31.2. The Morgan fingerprint density at radius 1 is 0.871 bits per heavy atom. The van der Waals surface area contributed by atoms with Gasteiger partial charge in [0.25, 0.3) is 5.91 Å². The Hall–Kier alpha value is -2.46. The lowest BCUT2D eigenvalue weighted by Crippen LogP contribution is -2.39. The van der Waals surface area contributed by atoms with Gasteiger partial charge >= 0.3 is 7.60 Å². The second-order valence-electron chi connectivity index (χ2n) is 8.01. The van der Waals surface area contributed by atoms with Gasteiger partial charge < -0.3 is 14.4 Å². The van der Waals surface area contributed by atoms with E-state index in [9.17, 15) is 9.36 Å². The Bertz CT molecular complexity index is 1260. The highest BCUT2D eigenvalue weighted by Gasteiger charge is 2.39. The van der Waals surface area contributed by atoms with Crippen molar-refractivity contribution < 1.29 is 18.4 Å². The van der Waals surface area contributed by atoms with Crippen molar-refractivity contribution in [2.45, 2.75) is 33.5 Å². The van der Waals surface area contributed by atoms with Crippen LogP contribution in [0.5, 0.6) is 0 Å². The molecular formula is C25H28NO4P. The highest BCUT2D eigenvalue weighted by Crippen LogP contribution is 2.54. The fourth-order valence-electron chi connectivity index (χ4n) is 4.31. The van der Waals surface area contributed by atoms with Gasteiger partial charge in [0, 0.05) is 5.56 Å². The molecule has 1 atom stereocenters.